The molecule has 1 aromatic carbocycles. The van der Waals surface area contributed by atoms with E-state index < -0.39 is 28.0 Å². The number of alkyl halides is 3. The van der Waals surface area contributed by atoms with Crippen molar-refractivity contribution in [2.75, 3.05) is 13.1 Å². The molecule has 0 aliphatic carbocycles. The molecule has 26 heavy (non-hydrogen) atoms. The van der Waals surface area contributed by atoms with Crippen molar-refractivity contribution >= 4 is 21.6 Å². The third-order valence-electron chi connectivity index (χ3n) is 3.77. The van der Waals surface area contributed by atoms with Crippen molar-refractivity contribution in [1.82, 2.24) is 9.29 Å². The number of benzene rings is 1. The van der Waals surface area contributed by atoms with Crippen molar-refractivity contribution in [2.24, 2.45) is 0 Å². The maximum atomic E-state index is 12.6. The zero-order valence-corrected chi connectivity index (χ0v) is 14.9. The maximum Gasteiger partial charge on any atom is 0.433 e. The van der Waals surface area contributed by atoms with Crippen LogP contribution in [0.2, 0.25) is 5.02 Å². The molecule has 0 spiro atoms. The minimum atomic E-state index is -4.56. The van der Waals surface area contributed by atoms with Crippen LogP contribution in [0.15, 0.2) is 42.5 Å². The van der Waals surface area contributed by atoms with E-state index in [1.54, 1.807) is 24.3 Å². The van der Waals surface area contributed by atoms with Gasteiger partial charge in [0.2, 0.25) is 15.9 Å². The van der Waals surface area contributed by atoms with Crippen molar-refractivity contribution < 1.29 is 26.3 Å². The molecule has 3 rings (SSSR count). The smallest absolute Gasteiger partial charge is 0.433 e. The van der Waals surface area contributed by atoms with E-state index in [1.807, 2.05) is 0 Å². The predicted octanol–water partition coefficient (Wildman–Crippen LogP) is 3.35. The summed E-state index contributed by atoms with van der Waals surface area (Å²) in [6.07, 6.45) is -5.10. The van der Waals surface area contributed by atoms with Gasteiger partial charge in [-0.15, -0.1) is 0 Å². The SMILES string of the molecule is O=S(=O)(Cc1ccc(Cl)cc1)N1CC(Oc2cccc(C(F)(F)F)n2)C1. The summed E-state index contributed by atoms with van der Waals surface area (Å²) in [6.45, 7) is 0.127. The van der Waals surface area contributed by atoms with Crippen molar-refractivity contribution in [2.45, 2.75) is 18.0 Å². The van der Waals surface area contributed by atoms with Gasteiger partial charge in [-0.3, -0.25) is 0 Å². The molecule has 0 N–H and O–H groups in total. The van der Waals surface area contributed by atoms with Crippen LogP contribution in [-0.2, 0) is 22.0 Å². The molecule has 2 heterocycles. The van der Waals surface area contributed by atoms with Gasteiger partial charge in [0.15, 0.2) is 0 Å². The number of nitrogens with zero attached hydrogens (tertiary/aromatic N) is 2. The van der Waals surface area contributed by atoms with E-state index in [2.05, 4.69) is 4.98 Å². The maximum absolute atomic E-state index is 12.6. The molecule has 0 radical (unpaired) electrons. The Labute approximate surface area is 153 Å². The molecular weight excluding hydrogens is 393 g/mol. The third kappa shape index (κ3) is 4.46. The van der Waals surface area contributed by atoms with E-state index in [9.17, 15) is 21.6 Å². The van der Waals surface area contributed by atoms with E-state index in [4.69, 9.17) is 16.3 Å². The lowest BCUT2D eigenvalue weighted by molar-refractivity contribution is -0.141. The minimum Gasteiger partial charge on any atom is -0.472 e. The van der Waals surface area contributed by atoms with Gasteiger partial charge in [-0.25, -0.2) is 13.4 Å². The first-order chi connectivity index (χ1) is 12.1. The van der Waals surface area contributed by atoms with E-state index in [1.165, 1.54) is 16.4 Å². The summed E-state index contributed by atoms with van der Waals surface area (Å²) >= 11 is 5.77. The van der Waals surface area contributed by atoms with E-state index in [0.29, 0.717) is 10.6 Å². The molecule has 0 saturated carbocycles. The van der Waals surface area contributed by atoms with Crippen LogP contribution in [-0.4, -0.2) is 36.9 Å². The van der Waals surface area contributed by atoms with Gasteiger partial charge in [0, 0.05) is 11.1 Å². The molecule has 1 saturated heterocycles. The van der Waals surface area contributed by atoms with Crippen molar-refractivity contribution in [3.05, 3.63) is 58.7 Å². The highest BCUT2D eigenvalue weighted by atomic mass is 35.5. The van der Waals surface area contributed by atoms with E-state index in [-0.39, 0.29) is 24.7 Å². The molecule has 10 heteroatoms. The molecule has 5 nitrogen and oxygen atoms in total. The van der Waals surface area contributed by atoms with Gasteiger partial charge in [-0.1, -0.05) is 29.8 Å². The van der Waals surface area contributed by atoms with Crippen LogP contribution in [0.5, 0.6) is 5.88 Å². The molecule has 1 aromatic heterocycles. The first kappa shape index (κ1) is 18.9. The number of pyridine rings is 1. The second-order valence-corrected chi connectivity index (χ2v) is 8.20. The van der Waals surface area contributed by atoms with Crippen molar-refractivity contribution in [3.8, 4) is 5.88 Å². The van der Waals surface area contributed by atoms with Crippen LogP contribution in [0.3, 0.4) is 0 Å². The summed E-state index contributed by atoms with van der Waals surface area (Å²) in [5.74, 6) is -0.363. The molecule has 1 aliphatic heterocycles. The first-order valence-electron chi connectivity index (χ1n) is 7.57. The van der Waals surface area contributed by atoms with Crippen LogP contribution in [0, 0.1) is 0 Å². The number of sulfonamides is 1. The quantitative estimate of drug-likeness (QED) is 0.764. The Morgan fingerprint density at radius 1 is 1.15 bits per heavy atom. The van der Waals surface area contributed by atoms with Gasteiger partial charge in [-0.05, 0) is 23.8 Å². The number of hydrogen-bond donors (Lipinski definition) is 0. The summed E-state index contributed by atoms with van der Waals surface area (Å²) in [7, 11) is -3.54. The Morgan fingerprint density at radius 3 is 2.42 bits per heavy atom. The average Bonchev–Trinajstić information content (AvgIpc) is 2.52. The number of rotatable bonds is 5. The van der Waals surface area contributed by atoms with Gasteiger partial charge in [0.25, 0.3) is 0 Å². The fourth-order valence-electron chi connectivity index (χ4n) is 2.39. The molecule has 1 aliphatic rings. The van der Waals surface area contributed by atoms with Gasteiger partial charge >= 0.3 is 6.18 Å². The third-order valence-corrected chi connectivity index (χ3v) is 5.81. The Kier molecular flexibility index (Phi) is 5.14. The second kappa shape index (κ2) is 7.05. The van der Waals surface area contributed by atoms with Crippen molar-refractivity contribution in [1.29, 1.82) is 0 Å². The van der Waals surface area contributed by atoms with Crippen LogP contribution in [0.1, 0.15) is 11.3 Å². The number of ether oxygens (including phenoxy) is 1. The fraction of sp³-hybridized carbons (Fsp3) is 0.312. The lowest BCUT2D eigenvalue weighted by Gasteiger charge is -2.37. The van der Waals surface area contributed by atoms with E-state index in [0.717, 1.165) is 6.07 Å². The van der Waals surface area contributed by atoms with Gasteiger partial charge in [0.1, 0.15) is 11.8 Å². The Bertz CT molecular complexity index is 882. The van der Waals surface area contributed by atoms with Crippen LogP contribution in [0.25, 0.3) is 0 Å². The highest BCUT2D eigenvalue weighted by Gasteiger charge is 2.38. The zero-order valence-electron chi connectivity index (χ0n) is 13.3. The Hall–Kier alpha value is -1.84. The summed E-state index contributed by atoms with van der Waals surface area (Å²) in [5, 5.41) is 0.511. The second-order valence-electron chi connectivity index (χ2n) is 5.80. The molecule has 2 aromatic rings. The zero-order chi connectivity index (χ0) is 18.9. The molecule has 140 valence electrons. The van der Waals surface area contributed by atoms with Crippen LogP contribution in [0.4, 0.5) is 13.2 Å². The normalized spacial score (nSPS) is 16.3. The lowest BCUT2D eigenvalue weighted by atomic mass is 10.2. The molecule has 0 unspecified atom stereocenters. The summed E-state index contributed by atoms with van der Waals surface area (Å²) in [6, 6.07) is 9.80. The highest BCUT2D eigenvalue weighted by Crippen LogP contribution is 2.29. The van der Waals surface area contributed by atoms with Crippen LogP contribution >= 0.6 is 11.6 Å². The predicted molar refractivity (Wildman–Crippen MR) is 89.3 cm³/mol. The topological polar surface area (TPSA) is 59.5 Å². The Balaban J connectivity index is 1.57. The minimum absolute atomic E-state index is 0.0633. The van der Waals surface area contributed by atoms with Crippen LogP contribution < -0.4 is 4.74 Å². The standard InChI is InChI=1S/C16H14ClF3N2O3S/c17-12-6-4-11(5-7-12)10-26(23,24)22-8-13(9-22)25-15-3-1-2-14(21-15)16(18,19)20/h1-7,13H,8-10H2. The van der Waals surface area contributed by atoms with Gasteiger partial charge in [-0.2, -0.15) is 17.5 Å². The molecule has 1 fully saturated rings. The average molecular weight is 407 g/mol. The highest BCUT2D eigenvalue weighted by molar-refractivity contribution is 7.88. The van der Waals surface area contributed by atoms with Crippen molar-refractivity contribution in [3.63, 3.8) is 0 Å². The summed E-state index contributed by atoms with van der Waals surface area (Å²) < 4.78 is 69.1. The molecule has 0 atom stereocenters. The summed E-state index contributed by atoms with van der Waals surface area (Å²) in [4.78, 5) is 3.40. The number of hydrogen-bond acceptors (Lipinski definition) is 4. The number of halogens is 4. The number of aromatic nitrogens is 1. The van der Waals surface area contributed by atoms with Gasteiger partial charge in [0.05, 0.1) is 18.8 Å². The fourth-order valence-corrected chi connectivity index (χ4v) is 4.10. The van der Waals surface area contributed by atoms with Gasteiger partial charge < -0.3 is 4.74 Å². The lowest BCUT2D eigenvalue weighted by Crippen LogP contribution is -2.56. The first-order valence-corrected chi connectivity index (χ1v) is 9.55. The molecule has 0 bridgehead atoms. The largest absolute Gasteiger partial charge is 0.472 e. The Morgan fingerprint density at radius 2 is 1.81 bits per heavy atom. The van der Waals surface area contributed by atoms with E-state index >= 15 is 0 Å². The monoisotopic (exact) mass is 406 g/mol. The molecule has 0 amide bonds. The molecular formula is C16H14ClF3N2O3S. The summed E-state index contributed by atoms with van der Waals surface area (Å²) in [5.41, 5.74) is -0.458.